The molecule has 0 bridgehead atoms. The number of hydrogen-bond donors (Lipinski definition) is 2. The summed E-state index contributed by atoms with van der Waals surface area (Å²) in [5.41, 5.74) is 1.39. The summed E-state index contributed by atoms with van der Waals surface area (Å²) in [4.78, 5) is 23.5. The molecule has 122 valence electrons. The molecule has 2 heterocycles. The van der Waals surface area contributed by atoms with Gasteiger partial charge in [0.15, 0.2) is 5.82 Å². The van der Waals surface area contributed by atoms with Gasteiger partial charge < -0.3 is 5.32 Å². The van der Waals surface area contributed by atoms with Crippen LogP contribution in [0.4, 0.5) is 10.1 Å². The van der Waals surface area contributed by atoms with E-state index < -0.39 is 11.7 Å². The minimum Gasteiger partial charge on any atom is -0.319 e. The van der Waals surface area contributed by atoms with Crippen LogP contribution in [0, 0.1) is 19.7 Å². The summed E-state index contributed by atoms with van der Waals surface area (Å²) in [6.45, 7) is 3.49. The number of aryl methyl sites for hydroxylation is 1. The Labute approximate surface area is 136 Å². The molecule has 0 atom stereocenters. The van der Waals surface area contributed by atoms with Gasteiger partial charge in [0.05, 0.1) is 23.1 Å². The number of nitrogens with zero attached hydrogens (tertiary/aromatic N) is 3. The van der Waals surface area contributed by atoms with E-state index in [1.165, 1.54) is 29.1 Å². The zero-order valence-corrected chi connectivity index (χ0v) is 13.0. The number of nitrogens with one attached hydrogen (secondary N) is 2. The molecule has 2 aromatic heterocycles. The standard InChI is InChI=1S/C16H14FN5O2/c1-9-3-4-12(17)13(7-9)19-16(24)11-8-18-22(10(11)2)14-5-6-15(23)21-20-14/h3-8H,1-2H3,(H,19,24)(H,21,23). The van der Waals surface area contributed by atoms with Gasteiger partial charge in [-0.25, -0.2) is 14.2 Å². The van der Waals surface area contributed by atoms with Gasteiger partial charge in [0.25, 0.3) is 11.5 Å². The summed E-state index contributed by atoms with van der Waals surface area (Å²) in [5.74, 6) is -0.623. The average Bonchev–Trinajstić information content (AvgIpc) is 2.93. The van der Waals surface area contributed by atoms with Crippen LogP contribution in [0.25, 0.3) is 5.82 Å². The highest BCUT2D eigenvalue weighted by molar-refractivity contribution is 6.05. The first-order chi connectivity index (χ1) is 11.5. The maximum atomic E-state index is 13.8. The highest BCUT2D eigenvalue weighted by Crippen LogP contribution is 2.18. The molecule has 1 aromatic carbocycles. The van der Waals surface area contributed by atoms with Crippen molar-refractivity contribution in [2.45, 2.75) is 13.8 Å². The second-order valence-electron chi connectivity index (χ2n) is 5.27. The molecule has 8 heteroatoms. The Kier molecular flexibility index (Phi) is 3.95. The Morgan fingerprint density at radius 2 is 2.04 bits per heavy atom. The maximum absolute atomic E-state index is 13.8. The number of amides is 1. The van der Waals surface area contributed by atoms with Crippen molar-refractivity contribution in [3.8, 4) is 5.82 Å². The number of halogens is 1. The fourth-order valence-electron chi connectivity index (χ4n) is 2.24. The number of carbonyl (C=O) groups excluding carboxylic acids is 1. The Morgan fingerprint density at radius 1 is 1.25 bits per heavy atom. The van der Waals surface area contributed by atoms with Crippen LogP contribution in [0.15, 0.2) is 41.3 Å². The smallest absolute Gasteiger partial charge is 0.264 e. The molecule has 0 radical (unpaired) electrons. The topological polar surface area (TPSA) is 92.7 Å². The van der Waals surface area contributed by atoms with Gasteiger partial charge in [0.2, 0.25) is 0 Å². The molecule has 1 amide bonds. The quantitative estimate of drug-likeness (QED) is 0.769. The summed E-state index contributed by atoms with van der Waals surface area (Å²) in [7, 11) is 0. The average molecular weight is 327 g/mol. The first-order valence-corrected chi connectivity index (χ1v) is 7.14. The SMILES string of the molecule is Cc1ccc(F)c(NC(=O)c2cnn(-c3ccc(=O)[nH]n3)c2C)c1. The normalized spacial score (nSPS) is 10.6. The van der Waals surface area contributed by atoms with Crippen LogP contribution in [-0.2, 0) is 0 Å². The van der Waals surface area contributed by atoms with Gasteiger partial charge in [0.1, 0.15) is 5.82 Å². The summed E-state index contributed by atoms with van der Waals surface area (Å²) in [6.07, 6.45) is 1.37. The van der Waals surface area contributed by atoms with Gasteiger partial charge in [-0.15, -0.1) is 0 Å². The Morgan fingerprint density at radius 3 is 2.75 bits per heavy atom. The van der Waals surface area contributed by atoms with E-state index in [2.05, 4.69) is 20.6 Å². The molecule has 0 fully saturated rings. The Balaban J connectivity index is 1.90. The van der Waals surface area contributed by atoms with E-state index in [1.807, 2.05) is 0 Å². The fraction of sp³-hybridized carbons (Fsp3) is 0.125. The van der Waals surface area contributed by atoms with Gasteiger partial charge in [-0.1, -0.05) is 6.07 Å². The number of anilines is 1. The number of benzene rings is 1. The van der Waals surface area contributed by atoms with E-state index >= 15 is 0 Å². The van der Waals surface area contributed by atoms with E-state index in [0.717, 1.165) is 5.56 Å². The predicted octanol–water partition coefficient (Wildman–Crippen LogP) is 1.96. The third-order valence-corrected chi connectivity index (χ3v) is 3.51. The van der Waals surface area contributed by atoms with Crippen molar-refractivity contribution in [1.29, 1.82) is 0 Å². The molecule has 24 heavy (non-hydrogen) atoms. The van der Waals surface area contributed by atoms with Crippen LogP contribution in [0.1, 0.15) is 21.6 Å². The van der Waals surface area contributed by atoms with Crippen LogP contribution in [0.2, 0.25) is 0 Å². The van der Waals surface area contributed by atoms with Gasteiger partial charge >= 0.3 is 0 Å². The van der Waals surface area contributed by atoms with Gasteiger partial charge in [-0.2, -0.15) is 10.2 Å². The Hall–Kier alpha value is -3.29. The van der Waals surface area contributed by atoms with Gasteiger partial charge in [-0.3, -0.25) is 9.59 Å². The monoisotopic (exact) mass is 327 g/mol. The van der Waals surface area contributed by atoms with Gasteiger partial charge in [0, 0.05) is 6.07 Å². The van der Waals surface area contributed by atoms with Crippen LogP contribution in [0.5, 0.6) is 0 Å². The Bertz CT molecular complexity index is 956. The lowest BCUT2D eigenvalue weighted by atomic mass is 10.2. The van der Waals surface area contributed by atoms with Crippen LogP contribution >= 0.6 is 0 Å². The summed E-state index contributed by atoms with van der Waals surface area (Å²) < 4.78 is 15.2. The van der Waals surface area contributed by atoms with E-state index in [4.69, 9.17) is 0 Å². The van der Waals surface area contributed by atoms with Crippen LogP contribution in [0.3, 0.4) is 0 Å². The maximum Gasteiger partial charge on any atom is 0.264 e. The third kappa shape index (κ3) is 2.94. The molecule has 0 saturated heterocycles. The molecule has 3 rings (SSSR count). The zero-order valence-electron chi connectivity index (χ0n) is 13.0. The van der Waals surface area contributed by atoms with Crippen molar-refractivity contribution in [2.75, 3.05) is 5.32 Å². The lowest BCUT2D eigenvalue weighted by molar-refractivity contribution is 0.102. The van der Waals surface area contributed by atoms with Crippen molar-refractivity contribution < 1.29 is 9.18 Å². The van der Waals surface area contributed by atoms with Gasteiger partial charge in [-0.05, 0) is 37.6 Å². The molecule has 7 nitrogen and oxygen atoms in total. The molecule has 0 saturated carbocycles. The van der Waals surface area contributed by atoms with E-state index in [-0.39, 0.29) is 16.8 Å². The van der Waals surface area contributed by atoms with Crippen molar-refractivity contribution in [1.82, 2.24) is 20.0 Å². The number of aromatic nitrogens is 4. The summed E-state index contributed by atoms with van der Waals surface area (Å²) >= 11 is 0. The lowest BCUT2D eigenvalue weighted by Gasteiger charge is -2.07. The van der Waals surface area contributed by atoms with Crippen LogP contribution < -0.4 is 10.9 Å². The fourth-order valence-corrected chi connectivity index (χ4v) is 2.24. The van der Waals surface area contributed by atoms with Crippen molar-refractivity contribution in [2.24, 2.45) is 0 Å². The number of H-pyrrole nitrogens is 1. The molecule has 0 spiro atoms. The molecular formula is C16H14FN5O2. The first kappa shape index (κ1) is 15.6. The minimum atomic E-state index is -0.513. The van der Waals surface area contributed by atoms with E-state index in [0.29, 0.717) is 11.5 Å². The van der Waals surface area contributed by atoms with E-state index in [9.17, 15) is 14.0 Å². The first-order valence-electron chi connectivity index (χ1n) is 7.14. The molecule has 0 aliphatic rings. The number of rotatable bonds is 3. The molecule has 0 aliphatic heterocycles. The predicted molar refractivity (Wildman–Crippen MR) is 85.8 cm³/mol. The molecular weight excluding hydrogens is 313 g/mol. The lowest BCUT2D eigenvalue weighted by Crippen LogP contribution is -2.15. The highest BCUT2D eigenvalue weighted by atomic mass is 19.1. The molecule has 3 aromatic rings. The second kappa shape index (κ2) is 6.07. The largest absolute Gasteiger partial charge is 0.319 e. The second-order valence-corrected chi connectivity index (χ2v) is 5.27. The highest BCUT2D eigenvalue weighted by Gasteiger charge is 2.17. The summed E-state index contributed by atoms with van der Waals surface area (Å²) in [5, 5.41) is 12.8. The third-order valence-electron chi connectivity index (χ3n) is 3.51. The van der Waals surface area contributed by atoms with Crippen LogP contribution in [-0.4, -0.2) is 25.9 Å². The molecule has 2 N–H and O–H groups in total. The minimum absolute atomic E-state index is 0.106. The van der Waals surface area contributed by atoms with Crippen molar-refractivity contribution in [3.05, 3.63) is 69.5 Å². The molecule has 0 aliphatic carbocycles. The van der Waals surface area contributed by atoms with Crippen molar-refractivity contribution >= 4 is 11.6 Å². The summed E-state index contributed by atoms with van der Waals surface area (Å²) in [6, 6.07) is 7.27. The number of aromatic amines is 1. The molecule has 0 unspecified atom stereocenters. The van der Waals surface area contributed by atoms with E-state index in [1.54, 1.807) is 26.0 Å². The van der Waals surface area contributed by atoms with Crippen molar-refractivity contribution in [3.63, 3.8) is 0 Å². The number of carbonyl (C=O) groups is 1. The zero-order chi connectivity index (χ0) is 17.3. The number of hydrogen-bond acceptors (Lipinski definition) is 4.